The second-order valence-electron chi connectivity index (χ2n) is 5.21. The third-order valence-corrected chi connectivity index (χ3v) is 3.36. The Balaban J connectivity index is 1.92. The van der Waals surface area contributed by atoms with Crippen LogP contribution in [0.1, 0.15) is 28.9 Å². The van der Waals surface area contributed by atoms with Crippen molar-refractivity contribution in [3.8, 4) is 0 Å². The van der Waals surface area contributed by atoms with Crippen LogP contribution in [0.2, 0.25) is 0 Å². The molecule has 0 aliphatic heterocycles. The van der Waals surface area contributed by atoms with E-state index < -0.39 is 12.1 Å². The number of nitrogens with zero attached hydrogens (tertiary/aromatic N) is 1. The summed E-state index contributed by atoms with van der Waals surface area (Å²) in [6.45, 7) is 1.49. The Kier molecular flexibility index (Phi) is 5.46. The highest BCUT2D eigenvalue weighted by atomic mass is 19.1. The highest BCUT2D eigenvalue weighted by Gasteiger charge is 2.18. The molecule has 0 spiro atoms. The first-order valence-electron chi connectivity index (χ1n) is 7.23. The van der Waals surface area contributed by atoms with Crippen molar-refractivity contribution in [2.75, 3.05) is 13.6 Å². The molecule has 0 aromatic heterocycles. The maximum absolute atomic E-state index is 13.2. The van der Waals surface area contributed by atoms with Gasteiger partial charge in [-0.1, -0.05) is 30.3 Å². The zero-order valence-electron chi connectivity index (χ0n) is 13.0. The molecule has 2 rings (SSSR count). The SMILES string of the molecule is CC(OC(=O)CN(C)C(=O)c1ccccc1)c1cccc(F)c1. The predicted molar refractivity (Wildman–Crippen MR) is 84.3 cm³/mol. The van der Waals surface area contributed by atoms with E-state index in [9.17, 15) is 14.0 Å². The number of amides is 1. The molecular weight excluding hydrogens is 297 g/mol. The molecule has 1 unspecified atom stereocenters. The van der Waals surface area contributed by atoms with Crippen LogP contribution in [-0.4, -0.2) is 30.4 Å². The second-order valence-corrected chi connectivity index (χ2v) is 5.21. The summed E-state index contributed by atoms with van der Waals surface area (Å²) in [4.78, 5) is 25.4. The molecule has 0 radical (unpaired) electrons. The molecule has 0 saturated carbocycles. The molecule has 23 heavy (non-hydrogen) atoms. The quantitative estimate of drug-likeness (QED) is 0.796. The average Bonchev–Trinajstić information content (AvgIpc) is 2.54. The Bertz CT molecular complexity index is 688. The van der Waals surface area contributed by atoms with Gasteiger partial charge < -0.3 is 9.64 Å². The van der Waals surface area contributed by atoms with Gasteiger partial charge in [0.1, 0.15) is 18.5 Å². The van der Waals surface area contributed by atoms with Gasteiger partial charge in [0.2, 0.25) is 0 Å². The lowest BCUT2D eigenvalue weighted by atomic mass is 10.1. The smallest absolute Gasteiger partial charge is 0.326 e. The molecule has 2 aromatic carbocycles. The number of esters is 1. The number of carbonyl (C=O) groups excluding carboxylic acids is 2. The summed E-state index contributed by atoms with van der Waals surface area (Å²) in [5.41, 5.74) is 1.07. The van der Waals surface area contributed by atoms with E-state index in [1.807, 2.05) is 6.07 Å². The molecule has 1 atom stereocenters. The summed E-state index contributed by atoms with van der Waals surface area (Å²) in [5.74, 6) is -1.20. The van der Waals surface area contributed by atoms with E-state index in [1.54, 1.807) is 43.3 Å². The third-order valence-electron chi connectivity index (χ3n) is 3.36. The van der Waals surface area contributed by atoms with Crippen molar-refractivity contribution < 1.29 is 18.7 Å². The van der Waals surface area contributed by atoms with Crippen LogP contribution in [0.5, 0.6) is 0 Å². The zero-order chi connectivity index (χ0) is 16.8. The average molecular weight is 315 g/mol. The van der Waals surface area contributed by atoms with Gasteiger partial charge in [0.15, 0.2) is 0 Å². The van der Waals surface area contributed by atoms with Crippen LogP contribution >= 0.6 is 0 Å². The van der Waals surface area contributed by atoms with Crippen LogP contribution in [0.3, 0.4) is 0 Å². The number of rotatable bonds is 5. The number of likely N-dealkylation sites (N-methyl/N-ethyl adjacent to an activating group) is 1. The number of halogens is 1. The fourth-order valence-corrected chi connectivity index (χ4v) is 2.13. The van der Waals surface area contributed by atoms with Gasteiger partial charge in [-0.05, 0) is 36.8 Å². The first-order valence-corrected chi connectivity index (χ1v) is 7.23. The summed E-state index contributed by atoms with van der Waals surface area (Å²) in [7, 11) is 1.53. The number of hydrogen-bond donors (Lipinski definition) is 0. The Morgan fingerprint density at radius 3 is 2.48 bits per heavy atom. The fourth-order valence-electron chi connectivity index (χ4n) is 2.13. The Hall–Kier alpha value is -2.69. The van der Waals surface area contributed by atoms with Crippen LogP contribution in [-0.2, 0) is 9.53 Å². The van der Waals surface area contributed by atoms with Crippen molar-refractivity contribution in [3.63, 3.8) is 0 Å². The van der Waals surface area contributed by atoms with Crippen LogP contribution in [0, 0.1) is 5.82 Å². The molecular formula is C18H18FNO3. The zero-order valence-corrected chi connectivity index (χ0v) is 13.0. The van der Waals surface area contributed by atoms with Gasteiger partial charge >= 0.3 is 5.97 Å². The number of benzene rings is 2. The number of ether oxygens (including phenoxy) is 1. The van der Waals surface area contributed by atoms with Gasteiger partial charge in [-0.15, -0.1) is 0 Å². The fraction of sp³-hybridized carbons (Fsp3) is 0.222. The molecule has 2 aromatic rings. The van der Waals surface area contributed by atoms with Crippen LogP contribution < -0.4 is 0 Å². The molecule has 0 bridgehead atoms. The maximum Gasteiger partial charge on any atom is 0.326 e. The van der Waals surface area contributed by atoms with Crippen molar-refractivity contribution in [1.82, 2.24) is 4.90 Å². The first-order chi connectivity index (χ1) is 11.0. The number of hydrogen-bond acceptors (Lipinski definition) is 3. The third kappa shape index (κ3) is 4.64. The van der Waals surface area contributed by atoms with E-state index in [0.29, 0.717) is 11.1 Å². The van der Waals surface area contributed by atoms with Gasteiger partial charge in [0, 0.05) is 12.6 Å². The summed E-state index contributed by atoms with van der Waals surface area (Å²) in [6.07, 6.45) is -0.585. The maximum atomic E-state index is 13.2. The van der Waals surface area contributed by atoms with E-state index in [4.69, 9.17) is 4.74 Å². The van der Waals surface area contributed by atoms with Crippen molar-refractivity contribution in [2.24, 2.45) is 0 Å². The molecule has 120 valence electrons. The minimum absolute atomic E-state index is 0.173. The van der Waals surface area contributed by atoms with E-state index in [0.717, 1.165) is 0 Å². The minimum Gasteiger partial charge on any atom is -0.456 e. The molecule has 0 N–H and O–H groups in total. The van der Waals surface area contributed by atoms with Crippen molar-refractivity contribution in [3.05, 3.63) is 71.5 Å². The summed E-state index contributed by atoms with van der Waals surface area (Å²) in [5, 5.41) is 0. The van der Waals surface area contributed by atoms with Gasteiger partial charge in [0.05, 0.1) is 0 Å². The lowest BCUT2D eigenvalue weighted by Crippen LogP contribution is -2.33. The number of carbonyl (C=O) groups is 2. The summed E-state index contributed by atoms with van der Waals surface area (Å²) < 4.78 is 18.4. The Morgan fingerprint density at radius 1 is 1.13 bits per heavy atom. The predicted octanol–water partition coefficient (Wildman–Crippen LogP) is 3.20. The Labute approximate surface area is 134 Å². The van der Waals surface area contributed by atoms with E-state index >= 15 is 0 Å². The topological polar surface area (TPSA) is 46.6 Å². The van der Waals surface area contributed by atoms with E-state index in [-0.39, 0.29) is 18.3 Å². The van der Waals surface area contributed by atoms with Crippen LogP contribution in [0.15, 0.2) is 54.6 Å². The van der Waals surface area contributed by atoms with E-state index in [2.05, 4.69) is 0 Å². The van der Waals surface area contributed by atoms with Crippen molar-refractivity contribution in [2.45, 2.75) is 13.0 Å². The molecule has 0 aliphatic rings. The van der Waals surface area contributed by atoms with Crippen LogP contribution in [0.25, 0.3) is 0 Å². The highest BCUT2D eigenvalue weighted by Crippen LogP contribution is 2.17. The first kappa shape index (κ1) is 16.7. The second kappa shape index (κ2) is 7.54. The molecule has 0 fully saturated rings. The van der Waals surface area contributed by atoms with Gasteiger partial charge in [-0.25, -0.2) is 4.39 Å². The monoisotopic (exact) mass is 315 g/mol. The normalized spacial score (nSPS) is 11.6. The molecule has 0 aliphatic carbocycles. The van der Waals surface area contributed by atoms with Crippen molar-refractivity contribution in [1.29, 1.82) is 0 Å². The highest BCUT2D eigenvalue weighted by molar-refractivity contribution is 5.95. The van der Waals surface area contributed by atoms with Gasteiger partial charge in [-0.3, -0.25) is 9.59 Å². The van der Waals surface area contributed by atoms with Crippen LogP contribution in [0.4, 0.5) is 4.39 Å². The summed E-state index contributed by atoms with van der Waals surface area (Å²) in [6, 6.07) is 14.6. The molecule has 4 nitrogen and oxygen atoms in total. The standard InChI is InChI=1S/C18H18FNO3/c1-13(15-9-6-10-16(19)11-15)23-17(21)12-20(2)18(22)14-7-4-3-5-8-14/h3-11,13H,12H2,1-2H3. The molecule has 0 saturated heterocycles. The Morgan fingerprint density at radius 2 is 1.83 bits per heavy atom. The van der Waals surface area contributed by atoms with E-state index in [1.165, 1.54) is 24.1 Å². The lowest BCUT2D eigenvalue weighted by molar-refractivity contribution is -0.149. The largest absolute Gasteiger partial charge is 0.456 e. The van der Waals surface area contributed by atoms with Crippen molar-refractivity contribution >= 4 is 11.9 Å². The minimum atomic E-state index is -0.585. The van der Waals surface area contributed by atoms with Gasteiger partial charge in [-0.2, -0.15) is 0 Å². The molecule has 1 amide bonds. The molecule has 0 heterocycles. The summed E-state index contributed by atoms with van der Waals surface area (Å²) >= 11 is 0. The molecule has 5 heteroatoms. The van der Waals surface area contributed by atoms with Gasteiger partial charge in [0.25, 0.3) is 5.91 Å². The lowest BCUT2D eigenvalue weighted by Gasteiger charge is -2.19.